The molecule has 0 bridgehead atoms. The molecule has 0 aromatic carbocycles. The normalized spacial score (nSPS) is 20.6. The van der Waals surface area contributed by atoms with Crippen molar-refractivity contribution >= 4 is 11.9 Å². The Bertz CT molecular complexity index is 613. The molecule has 2 N–H and O–H groups in total. The van der Waals surface area contributed by atoms with Crippen molar-refractivity contribution in [3.05, 3.63) is 0 Å². The molecule has 10 nitrogen and oxygen atoms in total. The number of carbonyl (C=O) groups is 2. The fourth-order valence-electron chi connectivity index (χ4n) is 2.20. The Labute approximate surface area is 152 Å². The smallest absolute Gasteiger partial charge is 0.335 e. The molecule has 4 atom stereocenters. The average molecular weight is 368 g/mol. The van der Waals surface area contributed by atoms with Crippen molar-refractivity contribution < 1.29 is 29.3 Å². The van der Waals surface area contributed by atoms with Crippen LogP contribution in [0.2, 0.25) is 0 Å². The molecule has 0 saturated carbocycles. The van der Waals surface area contributed by atoms with E-state index in [0.717, 1.165) is 0 Å². The molecule has 0 spiro atoms. The van der Waals surface area contributed by atoms with Gasteiger partial charge in [-0.15, -0.1) is 0 Å². The predicted molar refractivity (Wildman–Crippen MR) is 88.2 cm³/mol. The Balaban J connectivity index is 5.75. The Kier molecular flexibility index (Phi) is 7.40. The molecule has 4 unspecified atom stereocenters. The van der Waals surface area contributed by atoms with E-state index >= 15 is 0 Å². The highest BCUT2D eigenvalue weighted by Crippen LogP contribution is 2.31. The standard InChI is InChI=1S/C16H24N4O6/c1-13(9-17,7-15(3,25-5)11(21)22)19-20-14(2,10-18)8-16(4,26-6)12(23)24/h7-8H2,1-6H3,(H,21,22)(H,23,24). The van der Waals surface area contributed by atoms with Gasteiger partial charge in [0.05, 0.1) is 12.1 Å². The first kappa shape index (κ1) is 23.4. The van der Waals surface area contributed by atoms with Crippen molar-refractivity contribution in [2.45, 2.75) is 62.8 Å². The van der Waals surface area contributed by atoms with E-state index in [1.807, 2.05) is 12.1 Å². The number of azo groups is 1. The van der Waals surface area contributed by atoms with Gasteiger partial charge in [0.15, 0.2) is 22.3 Å². The summed E-state index contributed by atoms with van der Waals surface area (Å²) in [5.41, 5.74) is -6.58. The van der Waals surface area contributed by atoms with E-state index in [4.69, 9.17) is 9.47 Å². The summed E-state index contributed by atoms with van der Waals surface area (Å²) in [5.74, 6) is -2.56. The molecule has 0 fully saturated rings. The summed E-state index contributed by atoms with van der Waals surface area (Å²) in [6.07, 6.45) is -0.651. The average Bonchev–Trinajstić information content (AvgIpc) is 2.59. The molecule has 0 amide bonds. The van der Waals surface area contributed by atoms with E-state index in [2.05, 4.69) is 10.2 Å². The number of ether oxygens (including phenoxy) is 2. The molecule has 26 heavy (non-hydrogen) atoms. The van der Waals surface area contributed by atoms with Crippen molar-refractivity contribution in [2.75, 3.05) is 14.2 Å². The first-order valence-electron chi connectivity index (χ1n) is 7.59. The minimum absolute atomic E-state index is 0.326. The molecule has 0 radical (unpaired) electrons. The van der Waals surface area contributed by atoms with Gasteiger partial charge < -0.3 is 19.7 Å². The highest BCUT2D eigenvalue weighted by Gasteiger charge is 2.44. The zero-order valence-electron chi connectivity index (χ0n) is 15.7. The molecular weight excluding hydrogens is 344 g/mol. The molecular formula is C16H24N4O6. The number of nitrogens with zero attached hydrogens (tertiary/aromatic N) is 4. The van der Waals surface area contributed by atoms with E-state index < -0.39 is 34.2 Å². The quantitative estimate of drug-likeness (QED) is 0.550. The summed E-state index contributed by atoms with van der Waals surface area (Å²) in [4.78, 5) is 22.7. The molecule has 10 heteroatoms. The Morgan fingerprint density at radius 3 is 1.27 bits per heavy atom. The molecule has 144 valence electrons. The first-order valence-corrected chi connectivity index (χ1v) is 7.59. The third-order valence-corrected chi connectivity index (χ3v) is 4.14. The van der Waals surface area contributed by atoms with E-state index in [0.29, 0.717) is 0 Å². The minimum Gasteiger partial charge on any atom is -0.479 e. The van der Waals surface area contributed by atoms with E-state index in [1.54, 1.807) is 0 Å². The number of rotatable bonds is 10. The van der Waals surface area contributed by atoms with Gasteiger partial charge in [-0.2, -0.15) is 20.8 Å². The van der Waals surface area contributed by atoms with Crippen molar-refractivity contribution in [1.82, 2.24) is 0 Å². The molecule has 0 aromatic rings. The van der Waals surface area contributed by atoms with Gasteiger partial charge in [0.25, 0.3) is 0 Å². The second-order valence-electron chi connectivity index (χ2n) is 6.81. The third kappa shape index (κ3) is 5.48. The molecule has 0 aliphatic rings. The van der Waals surface area contributed by atoms with Gasteiger partial charge in [0.1, 0.15) is 0 Å². The first-order chi connectivity index (χ1) is 11.8. The largest absolute Gasteiger partial charge is 0.479 e. The van der Waals surface area contributed by atoms with Gasteiger partial charge in [-0.3, -0.25) is 0 Å². The molecule has 0 rings (SSSR count). The van der Waals surface area contributed by atoms with Crippen LogP contribution in [-0.2, 0) is 19.1 Å². The van der Waals surface area contributed by atoms with Crippen molar-refractivity contribution in [2.24, 2.45) is 10.2 Å². The topological polar surface area (TPSA) is 165 Å². The fourth-order valence-corrected chi connectivity index (χ4v) is 2.20. The number of aliphatic carboxylic acids is 2. The third-order valence-electron chi connectivity index (χ3n) is 4.14. The monoisotopic (exact) mass is 368 g/mol. The number of hydrogen-bond acceptors (Lipinski definition) is 8. The number of nitriles is 2. The fraction of sp³-hybridized carbons (Fsp3) is 0.750. The summed E-state index contributed by atoms with van der Waals surface area (Å²) >= 11 is 0. The van der Waals surface area contributed by atoms with Gasteiger partial charge in [-0.25, -0.2) is 9.59 Å². The van der Waals surface area contributed by atoms with Crippen molar-refractivity contribution in [1.29, 1.82) is 10.5 Å². The summed E-state index contributed by atoms with van der Waals surface area (Å²) in [5, 5.41) is 45.1. The zero-order chi connectivity index (χ0) is 20.8. The maximum absolute atomic E-state index is 11.4. The maximum Gasteiger partial charge on any atom is 0.335 e. The molecule has 0 saturated heterocycles. The Morgan fingerprint density at radius 1 is 0.846 bits per heavy atom. The van der Waals surface area contributed by atoms with Crippen LogP contribution in [0.5, 0.6) is 0 Å². The lowest BCUT2D eigenvalue weighted by Crippen LogP contribution is -2.45. The van der Waals surface area contributed by atoms with Gasteiger partial charge >= 0.3 is 11.9 Å². The van der Waals surface area contributed by atoms with E-state index in [9.17, 15) is 30.3 Å². The molecule has 0 aromatic heterocycles. The number of carboxylic acid groups (broad SMARTS) is 2. The number of hydrogen-bond donors (Lipinski definition) is 2. The zero-order valence-corrected chi connectivity index (χ0v) is 15.7. The van der Waals surface area contributed by atoms with Crippen LogP contribution in [0.4, 0.5) is 0 Å². The minimum atomic E-state index is -1.69. The van der Waals surface area contributed by atoms with Crippen molar-refractivity contribution in [3.63, 3.8) is 0 Å². The molecule has 0 heterocycles. The second kappa shape index (κ2) is 8.21. The van der Waals surface area contributed by atoms with Gasteiger partial charge in [0, 0.05) is 27.1 Å². The van der Waals surface area contributed by atoms with Crippen LogP contribution in [0.1, 0.15) is 40.5 Å². The summed E-state index contributed by atoms with van der Waals surface area (Å²) in [7, 11) is 2.39. The molecule has 0 aliphatic carbocycles. The van der Waals surface area contributed by atoms with Crippen LogP contribution in [-0.4, -0.2) is 58.7 Å². The predicted octanol–water partition coefficient (Wildman–Crippen LogP) is 1.76. The number of carboxylic acids is 2. The van der Waals surface area contributed by atoms with Crippen molar-refractivity contribution in [3.8, 4) is 12.1 Å². The highest BCUT2D eigenvalue weighted by atomic mass is 16.5. The van der Waals surface area contributed by atoms with Crippen LogP contribution >= 0.6 is 0 Å². The Hall–Kier alpha value is -2.56. The van der Waals surface area contributed by atoms with Crippen LogP contribution in [0.15, 0.2) is 10.2 Å². The SMILES string of the molecule is COC(C)(CC(C)(C#N)N=NC(C)(C#N)CC(C)(OC)C(=O)O)C(=O)O. The van der Waals surface area contributed by atoms with Crippen LogP contribution in [0.3, 0.4) is 0 Å². The van der Waals surface area contributed by atoms with Crippen LogP contribution in [0, 0.1) is 22.7 Å². The van der Waals surface area contributed by atoms with E-state index in [1.165, 1.54) is 41.9 Å². The van der Waals surface area contributed by atoms with Gasteiger partial charge in [-0.1, -0.05) is 0 Å². The van der Waals surface area contributed by atoms with E-state index in [-0.39, 0.29) is 12.8 Å². The number of methoxy groups -OCH3 is 2. The van der Waals surface area contributed by atoms with Gasteiger partial charge in [0.2, 0.25) is 0 Å². The lowest BCUT2D eigenvalue weighted by Gasteiger charge is -2.30. The summed E-state index contributed by atoms with van der Waals surface area (Å²) in [6.45, 7) is 5.27. The highest BCUT2D eigenvalue weighted by molar-refractivity contribution is 5.77. The van der Waals surface area contributed by atoms with Crippen LogP contribution in [0.25, 0.3) is 0 Å². The maximum atomic E-state index is 11.4. The summed E-state index contributed by atoms with van der Waals surface area (Å²) in [6, 6.07) is 3.72. The Morgan fingerprint density at radius 2 is 1.12 bits per heavy atom. The second-order valence-corrected chi connectivity index (χ2v) is 6.81. The molecule has 0 aliphatic heterocycles. The summed E-state index contributed by atoms with van der Waals surface area (Å²) < 4.78 is 9.94. The van der Waals surface area contributed by atoms with Crippen LogP contribution < -0.4 is 0 Å². The van der Waals surface area contributed by atoms with Gasteiger partial charge in [-0.05, 0) is 27.7 Å². The lowest BCUT2D eigenvalue weighted by molar-refractivity contribution is -0.162. The lowest BCUT2D eigenvalue weighted by atomic mass is 9.87.